The summed E-state index contributed by atoms with van der Waals surface area (Å²) in [5.74, 6) is 3.25. The molecule has 5 heteroatoms. The minimum Gasteiger partial charge on any atom is -0.508 e. The van der Waals surface area contributed by atoms with Crippen molar-refractivity contribution < 1.29 is 19.7 Å². The predicted octanol–water partition coefficient (Wildman–Crippen LogP) is 3.22. The Labute approximate surface area is 160 Å². The minimum absolute atomic E-state index is 0.226. The third-order valence-corrected chi connectivity index (χ3v) is 5.85. The maximum atomic E-state index is 10.5. The van der Waals surface area contributed by atoms with Crippen molar-refractivity contribution in [1.29, 1.82) is 0 Å². The zero-order valence-corrected chi connectivity index (χ0v) is 15.6. The van der Waals surface area contributed by atoms with Crippen molar-refractivity contribution in [3.8, 4) is 17.2 Å². The molecular formula is C22H27NO4. The normalized spacial score (nSPS) is 25.9. The van der Waals surface area contributed by atoms with Gasteiger partial charge in [-0.05, 0) is 66.6 Å². The van der Waals surface area contributed by atoms with Crippen LogP contribution >= 0.6 is 0 Å². The monoisotopic (exact) mass is 369 g/mol. The van der Waals surface area contributed by atoms with Gasteiger partial charge < -0.3 is 19.7 Å². The topological polar surface area (TPSA) is 62.2 Å². The molecule has 0 amide bonds. The summed E-state index contributed by atoms with van der Waals surface area (Å²) >= 11 is 0. The van der Waals surface area contributed by atoms with Crippen LogP contribution in [0.2, 0.25) is 0 Å². The molecule has 4 rings (SSSR count). The van der Waals surface area contributed by atoms with E-state index in [2.05, 4.69) is 4.90 Å². The average Bonchev–Trinajstić information content (AvgIpc) is 3.20. The van der Waals surface area contributed by atoms with Gasteiger partial charge in [-0.1, -0.05) is 12.1 Å². The van der Waals surface area contributed by atoms with Crippen LogP contribution in [0.15, 0.2) is 48.5 Å². The van der Waals surface area contributed by atoms with Crippen LogP contribution in [-0.2, 0) is 0 Å². The Balaban J connectivity index is 1.27. The van der Waals surface area contributed by atoms with Crippen LogP contribution in [0.25, 0.3) is 0 Å². The number of hydrogen-bond acceptors (Lipinski definition) is 5. The minimum atomic E-state index is -0.518. The molecule has 1 heterocycles. The maximum absolute atomic E-state index is 10.5. The lowest BCUT2D eigenvalue weighted by atomic mass is 10.0. The number of aromatic hydroxyl groups is 1. The summed E-state index contributed by atoms with van der Waals surface area (Å²) in [6.07, 6.45) is 1.90. The highest BCUT2D eigenvalue weighted by atomic mass is 16.5. The average molecular weight is 369 g/mol. The highest BCUT2D eigenvalue weighted by Gasteiger charge is 2.42. The number of benzene rings is 2. The van der Waals surface area contributed by atoms with E-state index in [1.165, 1.54) is 0 Å². The van der Waals surface area contributed by atoms with Crippen LogP contribution in [0.3, 0.4) is 0 Å². The van der Waals surface area contributed by atoms with Crippen molar-refractivity contribution in [3.05, 3.63) is 54.1 Å². The first kappa shape index (κ1) is 18.1. The molecule has 2 fully saturated rings. The molecule has 2 N–H and O–H groups in total. The van der Waals surface area contributed by atoms with Gasteiger partial charge in [0.2, 0.25) is 0 Å². The molecular weight excluding hydrogens is 342 g/mol. The molecule has 5 nitrogen and oxygen atoms in total. The smallest absolute Gasteiger partial charge is 0.119 e. The Bertz CT molecular complexity index is 732. The molecule has 1 aliphatic carbocycles. The molecule has 2 aromatic rings. The van der Waals surface area contributed by atoms with Gasteiger partial charge in [-0.2, -0.15) is 0 Å². The molecule has 27 heavy (non-hydrogen) atoms. The lowest BCUT2D eigenvalue weighted by Crippen LogP contribution is -2.28. The van der Waals surface area contributed by atoms with Gasteiger partial charge >= 0.3 is 0 Å². The first-order chi connectivity index (χ1) is 13.1. The largest absolute Gasteiger partial charge is 0.508 e. The van der Waals surface area contributed by atoms with Crippen molar-refractivity contribution in [2.45, 2.75) is 25.0 Å². The van der Waals surface area contributed by atoms with Crippen LogP contribution in [0, 0.1) is 11.8 Å². The van der Waals surface area contributed by atoms with Gasteiger partial charge in [0, 0.05) is 19.6 Å². The number of hydrogen-bond donors (Lipinski definition) is 2. The lowest BCUT2D eigenvalue weighted by molar-refractivity contribution is 0.116. The van der Waals surface area contributed by atoms with E-state index in [4.69, 9.17) is 9.47 Å². The molecule has 2 aromatic carbocycles. The summed E-state index contributed by atoms with van der Waals surface area (Å²) in [5.41, 5.74) is 0.852. The molecule has 144 valence electrons. The van der Waals surface area contributed by atoms with Gasteiger partial charge in [0.15, 0.2) is 0 Å². The number of rotatable bonds is 6. The molecule has 1 unspecified atom stereocenters. The zero-order chi connectivity index (χ0) is 18.8. The summed E-state index contributed by atoms with van der Waals surface area (Å²) in [6.45, 7) is 2.67. The third-order valence-electron chi connectivity index (χ3n) is 5.85. The highest BCUT2D eigenvalue weighted by molar-refractivity contribution is 5.31. The molecule has 0 aromatic heterocycles. The number of phenols is 1. The number of aliphatic hydroxyl groups excluding tert-OH is 1. The number of likely N-dealkylation sites (tertiary alicyclic amines) is 1. The van der Waals surface area contributed by atoms with Gasteiger partial charge in [-0.15, -0.1) is 0 Å². The number of phenolic OH excluding ortho intramolecular Hbond substituents is 1. The molecule has 1 aliphatic heterocycles. The predicted molar refractivity (Wildman–Crippen MR) is 103 cm³/mol. The summed E-state index contributed by atoms with van der Waals surface area (Å²) in [4.78, 5) is 2.36. The Morgan fingerprint density at radius 3 is 2.15 bits per heavy atom. The van der Waals surface area contributed by atoms with E-state index in [0.717, 1.165) is 43.0 Å². The molecule has 0 bridgehead atoms. The van der Waals surface area contributed by atoms with Crippen molar-refractivity contribution in [3.63, 3.8) is 0 Å². The molecule has 1 saturated carbocycles. The van der Waals surface area contributed by atoms with Gasteiger partial charge in [-0.25, -0.2) is 0 Å². The SMILES string of the molecule is COc1ccc(O[C@@H]2C[C@@H]3CN(CC(O)c4ccc(O)cc4)C[C@@H]3C2)cc1. The van der Waals surface area contributed by atoms with E-state index in [-0.39, 0.29) is 11.9 Å². The van der Waals surface area contributed by atoms with Crippen molar-refractivity contribution in [2.75, 3.05) is 26.7 Å². The molecule has 1 saturated heterocycles. The molecule has 2 aliphatic rings. The zero-order valence-electron chi connectivity index (χ0n) is 15.6. The van der Waals surface area contributed by atoms with Crippen LogP contribution in [0.4, 0.5) is 0 Å². The number of ether oxygens (including phenoxy) is 2. The van der Waals surface area contributed by atoms with Crippen LogP contribution in [-0.4, -0.2) is 48.0 Å². The van der Waals surface area contributed by atoms with Crippen molar-refractivity contribution in [2.24, 2.45) is 11.8 Å². The number of methoxy groups -OCH3 is 1. The summed E-state index contributed by atoms with van der Waals surface area (Å²) in [7, 11) is 1.67. The first-order valence-corrected chi connectivity index (χ1v) is 9.61. The van der Waals surface area contributed by atoms with Gasteiger partial charge in [-0.3, -0.25) is 4.90 Å². The lowest BCUT2D eigenvalue weighted by Gasteiger charge is -2.22. The fourth-order valence-electron chi connectivity index (χ4n) is 4.48. The summed E-state index contributed by atoms with van der Waals surface area (Å²) in [5, 5.41) is 19.8. The van der Waals surface area contributed by atoms with E-state index in [1.54, 1.807) is 31.4 Å². The maximum Gasteiger partial charge on any atom is 0.119 e. The number of fused-ring (bicyclic) bond motifs is 1. The molecule has 4 atom stereocenters. The van der Waals surface area contributed by atoms with Gasteiger partial charge in [0.25, 0.3) is 0 Å². The number of nitrogens with zero attached hydrogens (tertiary/aromatic N) is 1. The number of β-amino-alcohol motifs (C(OH)–C–C–N with tert-alkyl or cyclic N) is 1. The fraction of sp³-hybridized carbons (Fsp3) is 0.455. The summed E-state index contributed by atoms with van der Waals surface area (Å²) in [6, 6.07) is 14.6. The second-order valence-corrected chi connectivity index (χ2v) is 7.73. The van der Waals surface area contributed by atoms with E-state index >= 15 is 0 Å². The van der Waals surface area contributed by atoms with Crippen LogP contribution in [0.5, 0.6) is 17.2 Å². The molecule has 0 radical (unpaired) electrons. The standard InChI is InChI=1S/C22H27NO4/c1-26-19-6-8-20(9-7-19)27-21-10-16-12-23(13-17(16)11-21)14-22(25)15-2-4-18(24)5-3-15/h2-9,16-17,21-22,24-25H,10-14H2,1H3/t16-,17+,21-,22?. The number of aliphatic hydroxyl groups is 1. The second-order valence-electron chi connectivity index (χ2n) is 7.73. The molecule has 0 spiro atoms. The Kier molecular flexibility index (Phi) is 5.23. The van der Waals surface area contributed by atoms with Crippen molar-refractivity contribution >= 4 is 0 Å². The Morgan fingerprint density at radius 2 is 1.56 bits per heavy atom. The van der Waals surface area contributed by atoms with Gasteiger partial charge in [0.05, 0.1) is 19.3 Å². The quantitative estimate of drug-likeness (QED) is 0.819. The fourth-order valence-corrected chi connectivity index (χ4v) is 4.48. The highest BCUT2D eigenvalue weighted by Crippen LogP contribution is 2.40. The van der Waals surface area contributed by atoms with E-state index < -0.39 is 6.10 Å². The van der Waals surface area contributed by atoms with E-state index in [0.29, 0.717) is 18.4 Å². The van der Waals surface area contributed by atoms with E-state index in [1.807, 2.05) is 24.3 Å². The van der Waals surface area contributed by atoms with Crippen LogP contribution in [0.1, 0.15) is 24.5 Å². The van der Waals surface area contributed by atoms with Crippen molar-refractivity contribution in [1.82, 2.24) is 4.90 Å². The van der Waals surface area contributed by atoms with Crippen LogP contribution < -0.4 is 9.47 Å². The second kappa shape index (κ2) is 7.79. The van der Waals surface area contributed by atoms with Gasteiger partial charge in [0.1, 0.15) is 17.2 Å². The third kappa shape index (κ3) is 4.20. The van der Waals surface area contributed by atoms with E-state index in [9.17, 15) is 10.2 Å². The Hall–Kier alpha value is -2.24. The Morgan fingerprint density at radius 1 is 0.963 bits per heavy atom. The summed E-state index contributed by atoms with van der Waals surface area (Å²) < 4.78 is 11.3. The first-order valence-electron chi connectivity index (χ1n) is 9.61.